The molecule has 1 aliphatic heterocycles. The Labute approximate surface area is 147 Å². The number of pyridine rings is 1. The molecule has 0 amide bonds. The highest BCUT2D eigenvalue weighted by molar-refractivity contribution is 6.31. The normalized spacial score (nSPS) is 15.8. The van der Waals surface area contributed by atoms with Crippen LogP contribution in [0.4, 0.5) is 0 Å². The topological polar surface area (TPSA) is 49.2 Å². The average molecular weight is 342 g/mol. The van der Waals surface area contributed by atoms with Crippen molar-refractivity contribution in [2.24, 2.45) is 5.92 Å². The van der Waals surface area contributed by atoms with Gasteiger partial charge in [-0.1, -0.05) is 23.7 Å². The molecule has 2 heterocycles. The summed E-state index contributed by atoms with van der Waals surface area (Å²) >= 11 is 6.06. The largest absolute Gasteiger partial charge is 0.476 e. The third-order valence-electron chi connectivity index (χ3n) is 4.38. The summed E-state index contributed by atoms with van der Waals surface area (Å²) < 4.78 is 5.76. The Morgan fingerprint density at radius 1 is 1.21 bits per heavy atom. The van der Waals surface area contributed by atoms with Crippen molar-refractivity contribution in [3.05, 3.63) is 58.7 Å². The van der Waals surface area contributed by atoms with E-state index in [0.717, 1.165) is 32.5 Å². The lowest BCUT2D eigenvalue weighted by atomic mass is 9.97. The average Bonchev–Trinajstić information content (AvgIpc) is 2.63. The van der Waals surface area contributed by atoms with Gasteiger partial charge in [0.25, 0.3) is 0 Å². The molecule has 0 atom stereocenters. The minimum absolute atomic E-state index is 0.527. The number of rotatable bonds is 5. The highest BCUT2D eigenvalue weighted by Gasteiger charge is 2.20. The number of likely N-dealkylation sites (tertiary alicyclic amines) is 1. The summed E-state index contributed by atoms with van der Waals surface area (Å²) in [4.78, 5) is 6.61. The Morgan fingerprint density at radius 3 is 2.62 bits per heavy atom. The van der Waals surface area contributed by atoms with Gasteiger partial charge in [0.1, 0.15) is 5.02 Å². The van der Waals surface area contributed by atoms with Crippen molar-refractivity contribution in [3.63, 3.8) is 0 Å². The van der Waals surface area contributed by atoms with Crippen LogP contribution >= 0.6 is 11.6 Å². The van der Waals surface area contributed by atoms with E-state index in [1.165, 1.54) is 5.56 Å². The minimum Gasteiger partial charge on any atom is -0.476 e. The lowest BCUT2D eigenvalue weighted by Gasteiger charge is -2.31. The second-order valence-electron chi connectivity index (χ2n) is 6.13. The predicted molar refractivity (Wildman–Crippen MR) is 93.9 cm³/mol. The molecule has 1 aromatic carbocycles. The van der Waals surface area contributed by atoms with Crippen LogP contribution in [0.3, 0.4) is 0 Å². The van der Waals surface area contributed by atoms with Crippen LogP contribution in [0.1, 0.15) is 24.0 Å². The zero-order valence-electron chi connectivity index (χ0n) is 13.5. The molecule has 24 heavy (non-hydrogen) atoms. The van der Waals surface area contributed by atoms with Crippen molar-refractivity contribution < 1.29 is 4.74 Å². The Hall–Kier alpha value is -2.09. The summed E-state index contributed by atoms with van der Waals surface area (Å²) in [6.07, 6.45) is 3.92. The molecule has 0 saturated carbocycles. The first-order valence-electron chi connectivity index (χ1n) is 8.19. The lowest BCUT2D eigenvalue weighted by molar-refractivity contribution is 0.134. The summed E-state index contributed by atoms with van der Waals surface area (Å²) in [6, 6.07) is 13.6. The smallest absolute Gasteiger partial charge is 0.232 e. The number of hydrogen-bond donors (Lipinski definition) is 0. The van der Waals surface area contributed by atoms with Crippen LogP contribution in [-0.4, -0.2) is 29.6 Å². The number of hydrogen-bond acceptors (Lipinski definition) is 4. The van der Waals surface area contributed by atoms with Gasteiger partial charge >= 0.3 is 0 Å². The zero-order chi connectivity index (χ0) is 16.8. The molecule has 1 aromatic heterocycles. The van der Waals surface area contributed by atoms with Gasteiger partial charge < -0.3 is 4.74 Å². The quantitative estimate of drug-likeness (QED) is 0.827. The van der Waals surface area contributed by atoms with Crippen molar-refractivity contribution in [1.29, 1.82) is 5.26 Å². The van der Waals surface area contributed by atoms with Gasteiger partial charge in [-0.25, -0.2) is 4.98 Å². The molecule has 1 saturated heterocycles. The molecule has 1 aliphatic rings. The molecule has 5 heteroatoms. The van der Waals surface area contributed by atoms with E-state index in [-0.39, 0.29) is 0 Å². The highest BCUT2D eigenvalue weighted by atomic mass is 35.5. The summed E-state index contributed by atoms with van der Waals surface area (Å²) in [7, 11) is 0. The highest BCUT2D eigenvalue weighted by Crippen LogP contribution is 2.24. The van der Waals surface area contributed by atoms with Gasteiger partial charge in [-0.2, -0.15) is 5.26 Å². The molecule has 0 bridgehead atoms. The molecular formula is C19H20ClN3O. The maximum atomic E-state index is 8.84. The molecule has 0 radical (unpaired) electrons. The van der Waals surface area contributed by atoms with Crippen molar-refractivity contribution >= 4 is 11.6 Å². The van der Waals surface area contributed by atoms with E-state index in [9.17, 15) is 0 Å². The van der Waals surface area contributed by atoms with Crippen LogP contribution < -0.4 is 4.74 Å². The van der Waals surface area contributed by atoms with E-state index in [0.29, 0.717) is 29.0 Å². The van der Waals surface area contributed by atoms with Crippen molar-refractivity contribution in [2.75, 3.05) is 19.7 Å². The van der Waals surface area contributed by atoms with Crippen LogP contribution in [0, 0.1) is 17.2 Å². The first-order valence-corrected chi connectivity index (χ1v) is 8.57. The van der Waals surface area contributed by atoms with Crippen LogP contribution in [0.5, 0.6) is 5.88 Å². The van der Waals surface area contributed by atoms with E-state index in [1.807, 2.05) is 24.3 Å². The van der Waals surface area contributed by atoms with Gasteiger partial charge in [0.2, 0.25) is 5.88 Å². The number of benzene rings is 1. The van der Waals surface area contributed by atoms with Crippen LogP contribution in [0.25, 0.3) is 0 Å². The fraction of sp³-hybridized carbons (Fsp3) is 0.368. The molecule has 0 N–H and O–H groups in total. The van der Waals surface area contributed by atoms with E-state index in [2.05, 4.69) is 16.0 Å². The number of nitriles is 1. The van der Waals surface area contributed by atoms with Crippen molar-refractivity contribution in [3.8, 4) is 11.9 Å². The van der Waals surface area contributed by atoms with Gasteiger partial charge in [0, 0.05) is 12.7 Å². The molecular weight excluding hydrogens is 322 g/mol. The van der Waals surface area contributed by atoms with E-state index >= 15 is 0 Å². The van der Waals surface area contributed by atoms with Gasteiger partial charge in [0.05, 0.1) is 18.2 Å². The molecule has 124 valence electrons. The van der Waals surface area contributed by atoms with Crippen molar-refractivity contribution in [1.82, 2.24) is 9.88 Å². The van der Waals surface area contributed by atoms with Gasteiger partial charge in [-0.15, -0.1) is 0 Å². The third kappa shape index (κ3) is 4.47. The third-order valence-corrected chi connectivity index (χ3v) is 4.66. The molecule has 3 rings (SSSR count). The number of ether oxygens (including phenoxy) is 1. The number of aromatic nitrogens is 1. The standard InChI is InChI=1S/C19H20ClN3O/c20-18-2-1-9-22-19(18)24-14-17-7-10-23(11-8-17)13-16-5-3-15(12-21)4-6-16/h1-6,9,17H,7-8,10-11,13-14H2. The first kappa shape index (κ1) is 16.8. The summed E-state index contributed by atoms with van der Waals surface area (Å²) in [5.74, 6) is 1.07. The van der Waals surface area contributed by atoms with Crippen LogP contribution in [0.2, 0.25) is 5.02 Å². The maximum absolute atomic E-state index is 8.84. The van der Waals surface area contributed by atoms with Crippen LogP contribution in [0.15, 0.2) is 42.6 Å². The SMILES string of the molecule is N#Cc1ccc(CN2CCC(COc3ncccc3Cl)CC2)cc1. The minimum atomic E-state index is 0.527. The fourth-order valence-electron chi connectivity index (χ4n) is 2.93. The Morgan fingerprint density at radius 2 is 1.96 bits per heavy atom. The molecule has 0 aliphatic carbocycles. The van der Waals surface area contributed by atoms with E-state index in [4.69, 9.17) is 21.6 Å². The van der Waals surface area contributed by atoms with Gasteiger partial charge in [-0.05, 0) is 61.7 Å². The Kier molecular flexibility index (Phi) is 5.68. The predicted octanol–water partition coefficient (Wildman–Crippen LogP) is 3.90. The lowest BCUT2D eigenvalue weighted by Crippen LogP contribution is -2.35. The fourth-order valence-corrected chi connectivity index (χ4v) is 3.10. The number of piperidine rings is 1. The number of halogens is 1. The van der Waals surface area contributed by atoms with E-state index in [1.54, 1.807) is 18.3 Å². The first-order chi connectivity index (χ1) is 11.7. The van der Waals surface area contributed by atoms with Crippen LogP contribution in [-0.2, 0) is 6.54 Å². The summed E-state index contributed by atoms with van der Waals surface area (Å²) in [6.45, 7) is 3.72. The monoisotopic (exact) mass is 341 g/mol. The van der Waals surface area contributed by atoms with Gasteiger partial charge in [0.15, 0.2) is 0 Å². The second-order valence-corrected chi connectivity index (χ2v) is 6.54. The second kappa shape index (κ2) is 8.14. The molecule has 4 nitrogen and oxygen atoms in total. The summed E-state index contributed by atoms with van der Waals surface area (Å²) in [5.41, 5.74) is 1.96. The summed E-state index contributed by atoms with van der Waals surface area (Å²) in [5, 5.41) is 9.41. The molecule has 2 aromatic rings. The number of nitrogens with zero attached hydrogens (tertiary/aromatic N) is 3. The van der Waals surface area contributed by atoms with Crippen molar-refractivity contribution in [2.45, 2.75) is 19.4 Å². The zero-order valence-corrected chi connectivity index (χ0v) is 14.2. The molecule has 1 fully saturated rings. The Balaban J connectivity index is 1.44. The molecule has 0 spiro atoms. The molecule has 0 unspecified atom stereocenters. The van der Waals surface area contributed by atoms with Gasteiger partial charge in [-0.3, -0.25) is 4.90 Å². The Bertz CT molecular complexity index is 703. The van der Waals surface area contributed by atoms with E-state index < -0.39 is 0 Å². The maximum Gasteiger partial charge on any atom is 0.232 e.